The van der Waals surface area contributed by atoms with Crippen molar-refractivity contribution in [3.05, 3.63) is 30.6 Å². The van der Waals surface area contributed by atoms with Crippen molar-refractivity contribution in [1.29, 1.82) is 0 Å². The first-order valence-electron chi connectivity index (χ1n) is 2.39. The molecule has 0 saturated carbocycles. The van der Waals surface area contributed by atoms with Crippen molar-refractivity contribution in [3.63, 3.8) is 0 Å². The summed E-state index contributed by atoms with van der Waals surface area (Å²) in [6.07, 6.45) is 3.87. The number of carboxylic acid groups (broad SMARTS) is 1. The number of furan rings is 1. The monoisotopic (exact) mass is 125 g/mol. The summed E-state index contributed by atoms with van der Waals surface area (Å²) in [5, 5.41) is 8.19. The fourth-order valence-corrected chi connectivity index (χ4v) is 0.500. The van der Waals surface area contributed by atoms with E-state index in [-0.39, 0.29) is 0 Å². The first-order valence-corrected chi connectivity index (χ1v) is 2.39. The first-order chi connectivity index (χ1) is 4.29. The van der Waals surface area contributed by atoms with Gasteiger partial charge < -0.3 is 9.52 Å². The Kier molecular flexibility index (Phi) is 1.53. The van der Waals surface area contributed by atoms with Crippen LogP contribution < -0.4 is 0 Å². The van der Waals surface area contributed by atoms with Crippen molar-refractivity contribution >= 4 is 5.97 Å². The summed E-state index contributed by atoms with van der Waals surface area (Å²) in [5.74, 6) is -0.962. The van der Waals surface area contributed by atoms with Crippen LogP contribution in [0.25, 0.3) is 0 Å². The topological polar surface area (TPSA) is 50.4 Å². The average Bonchev–Trinajstić information content (AvgIpc) is 2.15. The highest BCUT2D eigenvalue weighted by Gasteiger charge is 1.99. The van der Waals surface area contributed by atoms with Gasteiger partial charge in [-0.2, -0.15) is 0 Å². The molecule has 0 aliphatic carbocycles. The highest BCUT2D eigenvalue weighted by atomic mass is 16.4. The summed E-state index contributed by atoms with van der Waals surface area (Å²) in [7, 11) is 0. The number of aliphatic carboxylic acids is 1. The second-order valence-electron chi connectivity index (χ2n) is 1.54. The highest BCUT2D eigenvalue weighted by Crippen LogP contribution is 2.01. The molecule has 0 bridgehead atoms. The minimum absolute atomic E-state index is 0.572. The van der Waals surface area contributed by atoms with Crippen LogP contribution in [0.15, 0.2) is 23.0 Å². The second-order valence-corrected chi connectivity index (χ2v) is 1.54. The molecule has 0 aromatic carbocycles. The summed E-state index contributed by atoms with van der Waals surface area (Å²) < 4.78 is 4.62. The number of carboxylic acids is 1. The smallest absolute Gasteiger partial charge is 0.312 e. The standard InChI is InChI=1S/C6H5O3/c7-6(8)3-5-1-2-9-4-5/h1-4H,(H,7,8). The van der Waals surface area contributed by atoms with Crippen LogP contribution in [0.5, 0.6) is 0 Å². The Labute approximate surface area is 51.9 Å². The van der Waals surface area contributed by atoms with E-state index in [0.717, 1.165) is 6.42 Å². The van der Waals surface area contributed by atoms with Crippen LogP contribution in [0.2, 0.25) is 0 Å². The van der Waals surface area contributed by atoms with E-state index in [4.69, 9.17) is 5.11 Å². The van der Waals surface area contributed by atoms with E-state index in [9.17, 15) is 4.79 Å². The van der Waals surface area contributed by atoms with Crippen molar-refractivity contribution < 1.29 is 14.3 Å². The first kappa shape index (κ1) is 5.88. The predicted molar refractivity (Wildman–Crippen MR) is 29.7 cm³/mol. The Morgan fingerprint density at radius 3 is 3.00 bits per heavy atom. The van der Waals surface area contributed by atoms with E-state index < -0.39 is 5.97 Å². The molecule has 3 heteroatoms. The molecule has 0 aliphatic rings. The minimum atomic E-state index is -0.962. The van der Waals surface area contributed by atoms with Gasteiger partial charge in [-0.05, 0) is 6.07 Å². The zero-order chi connectivity index (χ0) is 6.69. The quantitative estimate of drug-likeness (QED) is 0.639. The van der Waals surface area contributed by atoms with Gasteiger partial charge in [-0.15, -0.1) is 0 Å². The summed E-state index contributed by atoms with van der Waals surface area (Å²) in [4.78, 5) is 9.97. The lowest BCUT2D eigenvalue weighted by Gasteiger charge is -1.83. The van der Waals surface area contributed by atoms with E-state index in [0.29, 0.717) is 5.56 Å². The molecule has 1 rings (SSSR count). The van der Waals surface area contributed by atoms with Crippen LogP contribution in [0.3, 0.4) is 0 Å². The zero-order valence-corrected chi connectivity index (χ0v) is 4.57. The lowest BCUT2D eigenvalue weighted by atomic mass is 10.2. The molecule has 0 saturated heterocycles. The Bertz CT molecular complexity index is 188. The lowest BCUT2D eigenvalue weighted by molar-refractivity contribution is -0.132. The molecule has 1 radical (unpaired) electrons. The molecule has 1 aromatic rings. The van der Waals surface area contributed by atoms with Crippen LogP contribution in [0.1, 0.15) is 5.56 Å². The summed E-state index contributed by atoms with van der Waals surface area (Å²) in [6.45, 7) is 0. The van der Waals surface area contributed by atoms with Gasteiger partial charge in [0.05, 0.1) is 12.5 Å². The largest absolute Gasteiger partial charge is 0.481 e. The third-order valence-corrected chi connectivity index (χ3v) is 0.833. The van der Waals surface area contributed by atoms with Crippen LogP contribution >= 0.6 is 0 Å². The van der Waals surface area contributed by atoms with E-state index in [1.165, 1.54) is 12.5 Å². The van der Waals surface area contributed by atoms with Gasteiger partial charge in [0.2, 0.25) is 0 Å². The maximum Gasteiger partial charge on any atom is 0.312 e. The Balaban J connectivity index is 2.58. The Morgan fingerprint density at radius 1 is 1.78 bits per heavy atom. The van der Waals surface area contributed by atoms with Gasteiger partial charge in [0.15, 0.2) is 0 Å². The van der Waals surface area contributed by atoms with Crippen LogP contribution in [0, 0.1) is 6.42 Å². The van der Waals surface area contributed by atoms with Gasteiger partial charge in [0.25, 0.3) is 0 Å². The highest BCUT2D eigenvalue weighted by molar-refractivity contribution is 5.80. The molecule has 1 aromatic heterocycles. The average molecular weight is 125 g/mol. The predicted octanol–water partition coefficient (Wildman–Crippen LogP) is 0.917. The van der Waals surface area contributed by atoms with Crippen molar-refractivity contribution in [3.8, 4) is 0 Å². The summed E-state index contributed by atoms with van der Waals surface area (Å²) in [6, 6.07) is 1.58. The van der Waals surface area contributed by atoms with Crippen LogP contribution in [-0.4, -0.2) is 11.1 Å². The van der Waals surface area contributed by atoms with E-state index in [1.807, 2.05) is 0 Å². The van der Waals surface area contributed by atoms with E-state index in [2.05, 4.69) is 4.42 Å². The second kappa shape index (κ2) is 2.35. The van der Waals surface area contributed by atoms with Crippen molar-refractivity contribution in [1.82, 2.24) is 0 Å². The molecule has 1 N–H and O–H groups in total. The Hall–Kier alpha value is -1.25. The molecule has 9 heavy (non-hydrogen) atoms. The molecule has 0 fully saturated rings. The number of hydrogen-bond acceptors (Lipinski definition) is 2. The molecular weight excluding hydrogens is 120 g/mol. The van der Waals surface area contributed by atoms with Crippen molar-refractivity contribution in [2.45, 2.75) is 0 Å². The molecule has 0 atom stereocenters. The summed E-state index contributed by atoms with van der Waals surface area (Å²) >= 11 is 0. The van der Waals surface area contributed by atoms with E-state index >= 15 is 0 Å². The molecule has 1 heterocycles. The van der Waals surface area contributed by atoms with Gasteiger partial charge in [-0.25, -0.2) is 0 Å². The van der Waals surface area contributed by atoms with E-state index in [1.54, 1.807) is 6.07 Å². The fourth-order valence-electron chi connectivity index (χ4n) is 0.500. The fraction of sp³-hybridized carbons (Fsp3) is 0. The number of hydrogen-bond donors (Lipinski definition) is 1. The molecule has 47 valence electrons. The van der Waals surface area contributed by atoms with Gasteiger partial charge in [-0.1, -0.05) is 0 Å². The molecule has 0 spiro atoms. The Morgan fingerprint density at radius 2 is 2.56 bits per heavy atom. The molecule has 0 amide bonds. The summed E-state index contributed by atoms with van der Waals surface area (Å²) in [5.41, 5.74) is 0.572. The lowest BCUT2D eigenvalue weighted by Crippen LogP contribution is -1.94. The van der Waals surface area contributed by atoms with Crippen LogP contribution in [0.4, 0.5) is 0 Å². The SMILES string of the molecule is O=C(O)[CH]c1ccoc1. The molecule has 3 nitrogen and oxygen atoms in total. The maximum absolute atomic E-state index is 9.97. The van der Waals surface area contributed by atoms with Crippen molar-refractivity contribution in [2.75, 3.05) is 0 Å². The van der Waals surface area contributed by atoms with Gasteiger partial charge in [-0.3, -0.25) is 4.79 Å². The third kappa shape index (κ3) is 1.60. The molecule has 0 unspecified atom stereocenters. The normalized spacial score (nSPS) is 9.33. The maximum atomic E-state index is 9.97. The molecule has 0 aliphatic heterocycles. The number of carbonyl (C=O) groups is 1. The third-order valence-electron chi connectivity index (χ3n) is 0.833. The minimum Gasteiger partial charge on any atom is -0.481 e. The van der Waals surface area contributed by atoms with Crippen molar-refractivity contribution in [2.24, 2.45) is 0 Å². The van der Waals surface area contributed by atoms with Crippen LogP contribution in [-0.2, 0) is 4.79 Å². The van der Waals surface area contributed by atoms with Gasteiger partial charge in [0, 0.05) is 5.56 Å². The van der Waals surface area contributed by atoms with Gasteiger partial charge >= 0.3 is 5.97 Å². The number of rotatable bonds is 2. The van der Waals surface area contributed by atoms with Gasteiger partial charge in [0.1, 0.15) is 6.42 Å². The molecular formula is C6H5O3. The zero-order valence-electron chi connectivity index (χ0n) is 4.57.